The van der Waals surface area contributed by atoms with E-state index >= 15 is 0 Å². The maximum atomic E-state index is 13.9. The number of aromatic amines is 1. The molecule has 0 aliphatic carbocycles. The van der Waals surface area contributed by atoms with Gasteiger partial charge >= 0.3 is 0 Å². The summed E-state index contributed by atoms with van der Waals surface area (Å²) in [5, 5.41) is 16.0. The molecule has 9 nitrogen and oxygen atoms in total. The molecule has 2 heterocycles. The molecule has 9 heteroatoms. The highest BCUT2D eigenvalue weighted by Gasteiger charge is 2.44. The highest BCUT2D eigenvalue weighted by molar-refractivity contribution is 5.93. The van der Waals surface area contributed by atoms with Crippen molar-refractivity contribution < 1.29 is 19.5 Å². The number of nitrogens with one attached hydrogen (secondary N) is 3. The molecule has 3 amide bonds. The van der Waals surface area contributed by atoms with Crippen LogP contribution in [0.5, 0.6) is 0 Å². The van der Waals surface area contributed by atoms with E-state index < -0.39 is 22.9 Å². The summed E-state index contributed by atoms with van der Waals surface area (Å²) >= 11 is 0. The lowest BCUT2D eigenvalue weighted by Crippen LogP contribution is -2.59. The number of piperidine rings is 1. The summed E-state index contributed by atoms with van der Waals surface area (Å²) in [5.41, 5.74) is 6.98. The Kier molecular flexibility index (Phi) is 9.27. The Morgan fingerprint density at radius 1 is 1.05 bits per heavy atom. The normalized spacial score (nSPS) is 15.9. The van der Waals surface area contributed by atoms with Crippen LogP contribution in [0.4, 0.5) is 0 Å². The molecule has 1 aromatic heterocycles. The fraction of sp³-hybridized carbons (Fsp3) is 0.452. The second kappa shape index (κ2) is 12.7. The van der Waals surface area contributed by atoms with Crippen LogP contribution in [0.15, 0.2) is 60.8 Å². The SMILES string of the molecule is CC(C)(N)C(=O)N[C@H](Cc1c[nH]c2ccccc12)C(=O)N1CCC(C(=O)NCCCCO)(c2ccccc2)CC1. The van der Waals surface area contributed by atoms with E-state index in [2.05, 4.69) is 15.6 Å². The lowest BCUT2D eigenvalue weighted by molar-refractivity contribution is -0.140. The number of unbranched alkanes of at least 4 members (excludes halogenated alkanes) is 1. The van der Waals surface area contributed by atoms with Gasteiger partial charge in [-0.15, -0.1) is 0 Å². The standard InChI is InChI=1S/C31H41N5O4/c1-30(2,32)28(39)35-26(20-22-21-34-25-13-7-6-12-24(22)25)27(38)36-17-14-31(15-18-36,23-10-4-3-5-11-23)29(40)33-16-8-9-19-37/h3-7,10-13,21,26,34,37H,8-9,14-20,32H2,1-2H3,(H,33,40)(H,35,39)/t26-/m1/s1. The van der Waals surface area contributed by atoms with Crippen molar-refractivity contribution in [3.8, 4) is 0 Å². The fourth-order valence-electron chi connectivity index (χ4n) is 5.41. The molecule has 1 atom stereocenters. The number of hydrogen-bond acceptors (Lipinski definition) is 5. The van der Waals surface area contributed by atoms with E-state index in [1.165, 1.54) is 0 Å². The van der Waals surface area contributed by atoms with Gasteiger partial charge in [0.25, 0.3) is 0 Å². The first-order valence-corrected chi connectivity index (χ1v) is 14.0. The molecular weight excluding hydrogens is 506 g/mol. The van der Waals surface area contributed by atoms with Crippen molar-refractivity contribution in [1.29, 1.82) is 0 Å². The van der Waals surface area contributed by atoms with Crippen LogP contribution < -0.4 is 16.4 Å². The first-order valence-electron chi connectivity index (χ1n) is 14.0. The number of carbonyl (C=O) groups is 3. The maximum Gasteiger partial charge on any atom is 0.245 e. The number of nitrogens with two attached hydrogens (primary N) is 1. The molecule has 40 heavy (non-hydrogen) atoms. The summed E-state index contributed by atoms with van der Waals surface area (Å²) in [5.74, 6) is -0.645. The average Bonchev–Trinajstić information content (AvgIpc) is 3.37. The molecule has 4 rings (SSSR count). The first kappa shape index (κ1) is 29.3. The van der Waals surface area contributed by atoms with Crippen molar-refractivity contribution >= 4 is 28.6 Å². The number of fused-ring (bicyclic) bond motifs is 1. The van der Waals surface area contributed by atoms with Crippen LogP contribution in [0.1, 0.15) is 50.7 Å². The third kappa shape index (κ3) is 6.54. The Labute approximate surface area is 235 Å². The zero-order chi connectivity index (χ0) is 28.8. The predicted octanol–water partition coefficient (Wildman–Crippen LogP) is 2.38. The molecule has 1 aliphatic heterocycles. The van der Waals surface area contributed by atoms with E-state index in [0.717, 1.165) is 22.0 Å². The number of carbonyl (C=O) groups excluding carboxylic acids is 3. The van der Waals surface area contributed by atoms with E-state index in [4.69, 9.17) is 10.8 Å². The van der Waals surface area contributed by atoms with Crippen LogP contribution in [0.25, 0.3) is 10.9 Å². The number of rotatable bonds is 11. The van der Waals surface area contributed by atoms with Crippen LogP contribution in [-0.2, 0) is 26.2 Å². The first-order chi connectivity index (χ1) is 19.2. The highest BCUT2D eigenvalue weighted by atomic mass is 16.3. The molecule has 0 radical (unpaired) electrons. The topological polar surface area (TPSA) is 141 Å². The number of aliphatic hydroxyl groups excluding tert-OH is 1. The van der Waals surface area contributed by atoms with Crippen LogP contribution in [-0.4, -0.2) is 70.5 Å². The van der Waals surface area contributed by atoms with E-state index in [1.807, 2.05) is 60.8 Å². The number of hydrogen-bond donors (Lipinski definition) is 5. The molecule has 1 fully saturated rings. The molecule has 0 saturated carbocycles. The van der Waals surface area contributed by atoms with E-state index in [0.29, 0.717) is 51.7 Å². The third-order valence-corrected chi connectivity index (χ3v) is 7.85. The number of likely N-dealkylation sites (tertiary alicyclic amines) is 1. The molecule has 0 unspecified atom stereocenters. The molecule has 2 aromatic carbocycles. The summed E-state index contributed by atoms with van der Waals surface area (Å²) in [6, 6.07) is 16.8. The Hall–Kier alpha value is -3.69. The third-order valence-electron chi connectivity index (χ3n) is 7.85. The average molecular weight is 548 g/mol. The lowest BCUT2D eigenvalue weighted by atomic mass is 9.71. The van der Waals surface area contributed by atoms with Crippen LogP contribution in [0.3, 0.4) is 0 Å². The minimum absolute atomic E-state index is 0.0581. The van der Waals surface area contributed by atoms with Gasteiger partial charge in [-0.3, -0.25) is 14.4 Å². The van der Waals surface area contributed by atoms with Crippen molar-refractivity contribution in [2.24, 2.45) is 5.73 Å². The summed E-state index contributed by atoms with van der Waals surface area (Å²) in [6.07, 6.45) is 4.45. The molecule has 0 bridgehead atoms. The molecule has 214 valence electrons. The zero-order valence-electron chi connectivity index (χ0n) is 23.4. The van der Waals surface area contributed by atoms with Crippen molar-refractivity contribution in [3.63, 3.8) is 0 Å². The van der Waals surface area contributed by atoms with Gasteiger partial charge in [-0.1, -0.05) is 48.5 Å². The van der Waals surface area contributed by atoms with Crippen molar-refractivity contribution in [3.05, 3.63) is 71.9 Å². The van der Waals surface area contributed by atoms with Gasteiger partial charge in [0.2, 0.25) is 17.7 Å². The van der Waals surface area contributed by atoms with Crippen LogP contribution >= 0.6 is 0 Å². The van der Waals surface area contributed by atoms with Gasteiger partial charge in [-0.25, -0.2) is 0 Å². The Morgan fingerprint density at radius 2 is 1.73 bits per heavy atom. The molecular formula is C31H41N5O4. The summed E-state index contributed by atoms with van der Waals surface area (Å²) in [7, 11) is 0. The van der Waals surface area contributed by atoms with Gasteiger partial charge in [0, 0.05) is 49.8 Å². The minimum Gasteiger partial charge on any atom is -0.396 e. The molecule has 6 N–H and O–H groups in total. The number of aromatic nitrogens is 1. The Morgan fingerprint density at radius 3 is 2.40 bits per heavy atom. The van der Waals surface area contributed by atoms with Crippen molar-refractivity contribution in [1.82, 2.24) is 20.5 Å². The van der Waals surface area contributed by atoms with Crippen molar-refractivity contribution in [2.75, 3.05) is 26.2 Å². The summed E-state index contributed by atoms with van der Waals surface area (Å²) in [4.78, 5) is 45.3. The van der Waals surface area contributed by atoms with Gasteiger partial charge in [-0.2, -0.15) is 0 Å². The number of H-pyrrole nitrogens is 1. The Balaban J connectivity index is 1.54. The number of aliphatic hydroxyl groups is 1. The van der Waals surface area contributed by atoms with Gasteiger partial charge < -0.3 is 31.4 Å². The molecule has 0 spiro atoms. The second-order valence-electron chi connectivity index (χ2n) is 11.3. The number of nitrogens with zero attached hydrogens (tertiary/aromatic N) is 1. The van der Waals surface area contributed by atoms with E-state index in [9.17, 15) is 14.4 Å². The maximum absolute atomic E-state index is 13.9. The molecule has 1 aliphatic rings. The minimum atomic E-state index is -1.14. The molecule has 3 aromatic rings. The van der Waals surface area contributed by atoms with Gasteiger partial charge in [0.15, 0.2) is 0 Å². The smallest absolute Gasteiger partial charge is 0.245 e. The fourth-order valence-corrected chi connectivity index (χ4v) is 5.41. The monoisotopic (exact) mass is 547 g/mol. The van der Waals surface area contributed by atoms with Gasteiger partial charge in [0.05, 0.1) is 11.0 Å². The summed E-state index contributed by atoms with van der Waals surface area (Å²) in [6.45, 7) is 4.57. The van der Waals surface area contributed by atoms with E-state index in [-0.39, 0.29) is 18.4 Å². The largest absolute Gasteiger partial charge is 0.396 e. The Bertz CT molecular complexity index is 1310. The van der Waals surface area contributed by atoms with Crippen LogP contribution in [0.2, 0.25) is 0 Å². The second-order valence-corrected chi connectivity index (χ2v) is 11.3. The van der Waals surface area contributed by atoms with Gasteiger partial charge in [0.1, 0.15) is 6.04 Å². The number of para-hydroxylation sites is 1. The van der Waals surface area contributed by atoms with Crippen molar-refractivity contribution in [2.45, 2.75) is 62.9 Å². The quantitative estimate of drug-likeness (QED) is 0.235. The zero-order valence-corrected chi connectivity index (χ0v) is 23.4. The summed E-state index contributed by atoms with van der Waals surface area (Å²) < 4.78 is 0. The number of benzene rings is 2. The lowest BCUT2D eigenvalue weighted by Gasteiger charge is -2.42. The number of amides is 3. The van der Waals surface area contributed by atoms with Crippen LogP contribution in [0, 0.1) is 0 Å². The van der Waals surface area contributed by atoms with E-state index in [1.54, 1.807) is 18.7 Å². The molecule has 1 saturated heterocycles. The predicted molar refractivity (Wildman–Crippen MR) is 155 cm³/mol. The highest BCUT2D eigenvalue weighted by Crippen LogP contribution is 2.36. The van der Waals surface area contributed by atoms with Gasteiger partial charge in [-0.05, 0) is 56.7 Å².